The summed E-state index contributed by atoms with van der Waals surface area (Å²) in [5, 5.41) is 9.42. The molecule has 0 radical (unpaired) electrons. The summed E-state index contributed by atoms with van der Waals surface area (Å²) in [6.07, 6.45) is 5.42. The number of hydrogen-bond acceptors (Lipinski definition) is 2. The summed E-state index contributed by atoms with van der Waals surface area (Å²) in [6.45, 7) is 10.1. The molecule has 1 aliphatic carbocycles. The summed E-state index contributed by atoms with van der Waals surface area (Å²) in [7, 11) is 0. The lowest BCUT2D eigenvalue weighted by atomic mass is 9.51. The Balaban J connectivity index is 1.68. The van der Waals surface area contributed by atoms with Gasteiger partial charge in [0.25, 0.3) is 0 Å². The van der Waals surface area contributed by atoms with Crippen LogP contribution in [0.15, 0.2) is 36.0 Å². The normalized spacial score (nSPS) is 31.5. The first-order valence-electron chi connectivity index (χ1n) is 10.2. The van der Waals surface area contributed by atoms with Crippen molar-refractivity contribution in [3.8, 4) is 0 Å². The van der Waals surface area contributed by atoms with Gasteiger partial charge in [-0.15, -0.1) is 0 Å². The molecule has 2 heterocycles. The first-order valence-corrected chi connectivity index (χ1v) is 10.2. The van der Waals surface area contributed by atoms with Crippen LogP contribution >= 0.6 is 0 Å². The largest absolute Gasteiger partial charge is 0.396 e. The molecule has 146 valence electrons. The summed E-state index contributed by atoms with van der Waals surface area (Å²) in [6, 6.07) is 9.19. The van der Waals surface area contributed by atoms with Crippen LogP contribution < -0.4 is 0 Å². The van der Waals surface area contributed by atoms with Crippen molar-refractivity contribution in [3.63, 3.8) is 0 Å². The van der Waals surface area contributed by atoms with Gasteiger partial charge < -0.3 is 10.0 Å². The molecule has 1 saturated heterocycles. The number of hydrogen-bond donors (Lipinski definition) is 1. The van der Waals surface area contributed by atoms with Gasteiger partial charge in [0.05, 0.1) is 0 Å². The van der Waals surface area contributed by atoms with E-state index in [1.807, 2.05) is 11.1 Å². The van der Waals surface area contributed by atoms with Crippen LogP contribution in [0.2, 0.25) is 0 Å². The van der Waals surface area contributed by atoms with Crippen molar-refractivity contribution >= 4 is 6.03 Å². The smallest absolute Gasteiger partial charge is 0.324 e. The Kier molecular flexibility index (Phi) is 4.38. The van der Waals surface area contributed by atoms with E-state index in [9.17, 15) is 9.90 Å². The minimum absolute atomic E-state index is 0.0141. The second-order valence-electron chi connectivity index (χ2n) is 9.41. The Hall–Kier alpha value is -1.81. The van der Waals surface area contributed by atoms with Gasteiger partial charge in [-0.2, -0.15) is 0 Å². The van der Waals surface area contributed by atoms with E-state index in [2.05, 4.69) is 56.9 Å². The lowest BCUT2D eigenvalue weighted by Crippen LogP contribution is -2.66. The fraction of sp³-hybridized carbons (Fsp3) is 0.609. The molecule has 1 aromatic carbocycles. The van der Waals surface area contributed by atoms with Gasteiger partial charge in [-0.3, -0.25) is 4.90 Å². The molecule has 1 aromatic rings. The van der Waals surface area contributed by atoms with Crippen molar-refractivity contribution < 1.29 is 9.90 Å². The molecule has 4 heteroatoms. The van der Waals surface area contributed by atoms with Crippen LogP contribution in [0.5, 0.6) is 0 Å². The zero-order chi connectivity index (χ0) is 19.4. The zero-order valence-electron chi connectivity index (χ0n) is 17.0. The number of aliphatic hydroxyl groups excluding tert-OH is 1. The highest BCUT2D eigenvalue weighted by Crippen LogP contribution is 2.56. The third kappa shape index (κ3) is 2.64. The lowest BCUT2D eigenvalue weighted by Gasteiger charge is -2.61. The highest BCUT2D eigenvalue weighted by Gasteiger charge is 2.57. The van der Waals surface area contributed by atoms with Gasteiger partial charge in [0.1, 0.15) is 0 Å². The number of aliphatic hydroxyl groups is 1. The zero-order valence-corrected chi connectivity index (χ0v) is 17.0. The summed E-state index contributed by atoms with van der Waals surface area (Å²) in [5.74, 6) is 0. The first kappa shape index (κ1) is 18.5. The van der Waals surface area contributed by atoms with E-state index in [4.69, 9.17) is 0 Å². The van der Waals surface area contributed by atoms with Gasteiger partial charge in [-0.25, -0.2) is 4.79 Å². The Morgan fingerprint density at radius 2 is 1.96 bits per heavy atom. The molecule has 4 nitrogen and oxygen atoms in total. The Morgan fingerprint density at radius 1 is 1.22 bits per heavy atom. The van der Waals surface area contributed by atoms with Crippen LogP contribution in [-0.4, -0.2) is 46.2 Å². The average Bonchev–Trinajstić information content (AvgIpc) is 2.98. The third-order valence-electron chi connectivity index (χ3n) is 7.75. The van der Waals surface area contributed by atoms with E-state index in [0.717, 1.165) is 25.8 Å². The highest BCUT2D eigenvalue weighted by atomic mass is 16.3. The van der Waals surface area contributed by atoms with Gasteiger partial charge in [0.15, 0.2) is 0 Å². The number of fused-ring (bicyclic) bond motifs is 4. The molecule has 2 aliphatic heterocycles. The number of nitrogens with zero attached hydrogens (tertiary/aromatic N) is 2. The Morgan fingerprint density at radius 3 is 2.70 bits per heavy atom. The molecule has 27 heavy (non-hydrogen) atoms. The quantitative estimate of drug-likeness (QED) is 0.855. The van der Waals surface area contributed by atoms with Gasteiger partial charge >= 0.3 is 6.03 Å². The number of rotatable bonds is 2. The predicted molar refractivity (Wildman–Crippen MR) is 107 cm³/mol. The number of urea groups is 1. The maximum atomic E-state index is 13.6. The van der Waals surface area contributed by atoms with Crippen molar-refractivity contribution in [3.05, 3.63) is 47.2 Å². The van der Waals surface area contributed by atoms with Crippen molar-refractivity contribution in [1.29, 1.82) is 0 Å². The van der Waals surface area contributed by atoms with Gasteiger partial charge in [-0.1, -0.05) is 50.6 Å². The van der Waals surface area contributed by atoms with E-state index >= 15 is 0 Å². The average molecular weight is 369 g/mol. The van der Waals surface area contributed by atoms with Crippen molar-refractivity contribution in [2.24, 2.45) is 5.41 Å². The molecule has 0 spiro atoms. The summed E-state index contributed by atoms with van der Waals surface area (Å²) in [4.78, 5) is 17.6. The molecule has 3 atom stereocenters. The number of benzene rings is 1. The minimum Gasteiger partial charge on any atom is -0.396 e. The number of amides is 2. The van der Waals surface area contributed by atoms with E-state index in [0.29, 0.717) is 6.42 Å². The second kappa shape index (κ2) is 6.37. The van der Waals surface area contributed by atoms with Crippen LogP contribution in [0.3, 0.4) is 0 Å². The predicted octanol–water partition coefficient (Wildman–Crippen LogP) is 4.08. The molecule has 0 saturated carbocycles. The first-order chi connectivity index (χ1) is 12.8. The van der Waals surface area contributed by atoms with Crippen LogP contribution in [0.25, 0.3) is 0 Å². The Bertz CT molecular complexity index is 784. The standard InChI is InChI=1S/C23H32N2O2/c1-16-13-18(9-12-26)25(15-16)21(27)24-11-10-23(4)19-8-6-5-7-17(19)14-20(24)22(23,2)3/h5-8,15,18,20,26H,9-14H2,1-4H3/t18-,20+,23-/m0/s1. The van der Waals surface area contributed by atoms with Crippen molar-refractivity contribution in [2.75, 3.05) is 13.2 Å². The second-order valence-corrected chi connectivity index (χ2v) is 9.41. The van der Waals surface area contributed by atoms with Crippen molar-refractivity contribution in [1.82, 2.24) is 9.80 Å². The number of carbonyl (C=O) groups excluding carboxylic acids is 1. The molecule has 0 aromatic heterocycles. The van der Waals surface area contributed by atoms with E-state index < -0.39 is 0 Å². The fourth-order valence-electron chi connectivity index (χ4n) is 5.72. The minimum atomic E-state index is 0.0141. The third-order valence-corrected chi connectivity index (χ3v) is 7.75. The number of likely N-dealkylation sites (tertiary alicyclic amines) is 1. The van der Waals surface area contributed by atoms with Gasteiger partial charge in [0.2, 0.25) is 0 Å². The molecule has 2 bridgehead atoms. The molecule has 0 unspecified atom stereocenters. The van der Waals surface area contributed by atoms with E-state index in [1.54, 1.807) is 0 Å². The number of piperidine rings is 1. The van der Waals surface area contributed by atoms with Crippen molar-refractivity contribution in [2.45, 2.75) is 70.9 Å². The lowest BCUT2D eigenvalue weighted by molar-refractivity contribution is -0.0225. The SMILES string of the molecule is CC1=CN(C(=O)N2CC[C@@]3(C)c4ccccc4C[C@@H]2C3(C)C)[C@@H](CCO)C1. The van der Waals surface area contributed by atoms with Crippen LogP contribution in [0.1, 0.15) is 58.1 Å². The van der Waals surface area contributed by atoms with Gasteiger partial charge in [0, 0.05) is 36.9 Å². The summed E-state index contributed by atoms with van der Waals surface area (Å²) < 4.78 is 0. The summed E-state index contributed by atoms with van der Waals surface area (Å²) in [5.41, 5.74) is 4.18. The van der Waals surface area contributed by atoms with Crippen LogP contribution in [0.4, 0.5) is 4.79 Å². The van der Waals surface area contributed by atoms with E-state index in [1.165, 1.54) is 16.7 Å². The highest BCUT2D eigenvalue weighted by molar-refractivity contribution is 5.77. The van der Waals surface area contributed by atoms with Crippen LogP contribution in [0, 0.1) is 5.41 Å². The molecule has 1 fully saturated rings. The maximum Gasteiger partial charge on any atom is 0.324 e. The Labute approximate surface area is 162 Å². The molecular formula is C23H32N2O2. The topological polar surface area (TPSA) is 43.8 Å². The molecule has 1 N–H and O–H groups in total. The van der Waals surface area contributed by atoms with Gasteiger partial charge in [-0.05, 0) is 49.1 Å². The molecule has 2 amide bonds. The number of carbonyl (C=O) groups is 1. The monoisotopic (exact) mass is 368 g/mol. The molecular weight excluding hydrogens is 336 g/mol. The molecule has 3 aliphatic rings. The fourth-order valence-corrected chi connectivity index (χ4v) is 5.72. The molecule has 4 rings (SSSR count). The van der Waals surface area contributed by atoms with E-state index in [-0.39, 0.29) is 35.6 Å². The maximum absolute atomic E-state index is 13.6. The van der Waals surface area contributed by atoms with Crippen LogP contribution in [-0.2, 0) is 11.8 Å². The summed E-state index contributed by atoms with van der Waals surface area (Å²) >= 11 is 0.